The summed E-state index contributed by atoms with van der Waals surface area (Å²) in [7, 11) is 0. The number of nitrogens with zero attached hydrogens (tertiary/aromatic N) is 1. The first-order valence-electron chi connectivity index (χ1n) is 7.09. The Morgan fingerprint density at radius 1 is 1.40 bits per heavy atom. The van der Waals surface area contributed by atoms with Crippen molar-refractivity contribution in [1.82, 2.24) is 15.5 Å². The third kappa shape index (κ3) is 2.26. The van der Waals surface area contributed by atoms with Crippen LogP contribution in [0.3, 0.4) is 0 Å². The van der Waals surface area contributed by atoms with E-state index in [2.05, 4.69) is 10.6 Å². The summed E-state index contributed by atoms with van der Waals surface area (Å²) >= 11 is 0. The first-order valence-corrected chi connectivity index (χ1v) is 7.09. The van der Waals surface area contributed by atoms with E-state index in [-0.39, 0.29) is 18.4 Å². The number of hydrogen-bond acceptors (Lipinski definition) is 4. The van der Waals surface area contributed by atoms with Gasteiger partial charge >= 0.3 is 6.03 Å². The molecule has 7 heteroatoms. The molecule has 0 aliphatic carbocycles. The number of amides is 4. The van der Waals surface area contributed by atoms with Gasteiger partial charge < -0.3 is 16.0 Å². The fraction of sp³-hybridized carbons (Fsp3) is 0.769. The minimum absolute atomic E-state index is 0.143. The van der Waals surface area contributed by atoms with Crippen molar-refractivity contribution < 1.29 is 14.4 Å². The highest BCUT2D eigenvalue weighted by Gasteiger charge is 2.50. The van der Waals surface area contributed by atoms with E-state index in [0.717, 1.165) is 0 Å². The van der Waals surface area contributed by atoms with Crippen molar-refractivity contribution >= 4 is 17.8 Å². The van der Waals surface area contributed by atoms with Gasteiger partial charge in [0.1, 0.15) is 5.54 Å². The van der Waals surface area contributed by atoms with Gasteiger partial charge in [0.05, 0.1) is 12.1 Å². The van der Waals surface area contributed by atoms with Gasteiger partial charge in [-0.3, -0.25) is 14.9 Å². The van der Waals surface area contributed by atoms with Gasteiger partial charge in [-0.15, -0.1) is 0 Å². The van der Waals surface area contributed by atoms with E-state index in [1.807, 2.05) is 13.8 Å². The Bertz CT molecular complexity index is 447. The highest BCUT2D eigenvalue weighted by molar-refractivity contribution is 6.07. The Labute approximate surface area is 118 Å². The van der Waals surface area contributed by atoms with Crippen LogP contribution in [0.1, 0.15) is 39.5 Å². The lowest BCUT2D eigenvalue weighted by Crippen LogP contribution is -2.64. The summed E-state index contributed by atoms with van der Waals surface area (Å²) in [5, 5.41) is 4.90. The number of nitrogens with two attached hydrogens (primary N) is 1. The quantitative estimate of drug-likeness (QED) is 0.618. The van der Waals surface area contributed by atoms with Crippen LogP contribution >= 0.6 is 0 Å². The van der Waals surface area contributed by atoms with Crippen LogP contribution in [0.5, 0.6) is 0 Å². The molecule has 4 N–H and O–H groups in total. The van der Waals surface area contributed by atoms with E-state index in [4.69, 9.17) is 5.73 Å². The normalized spacial score (nSPS) is 26.6. The first-order chi connectivity index (χ1) is 9.37. The van der Waals surface area contributed by atoms with Crippen molar-refractivity contribution in [2.75, 3.05) is 13.1 Å². The minimum Gasteiger partial charge on any atom is -0.338 e. The fourth-order valence-corrected chi connectivity index (χ4v) is 2.91. The molecule has 1 unspecified atom stereocenters. The smallest absolute Gasteiger partial charge is 0.322 e. The van der Waals surface area contributed by atoms with Gasteiger partial charge in [-0.25, -0.2) is 4.79 Å². The number of hydrogen-bond donors (Lipinski definition) is 3. The Morgan fingerprint density at radius 3 is 2.55 bits per heavy atom. The molecule has 0 aromatic rings. The average molecular weight is 282 g/mol. The summed E-state index contributed by atoms with van der Waals surface area (Å²) < 4.78 is 0. The molecule has 1 spiro atoms. The Kier molecular flexibility index (Phi) is 3.73. The number of nitrogens with one attached hydrogen (secondary N) is 2. The minimum atomic E-state index is -0.979. The van der Waals surface area contributed by atoms with Crippen LogP contribution in [0, 0.1) is 0 Å². The van der Waals surface area contributed by atoms with Crippen LogP contribution in [0.2, 0.25) is 0 Å². The van der Waals surface area contributed by atoms with Gasteiger partial charge in [0, 0.05) is 6.54 Å². The number of urea groups is 1. The molecular formula is C13H22N4O3. The molecule has 2 rings (SSSR count). The first kappa shape index (κ1) is 14.8. The van der Waals surface area contributed by atoms with E-state index < -0.39 is 17.1 Å². The van der Waals surface area contributed by atoms with Gasteiger partial charge in [-0.05, 0) is 25.7 Å². The van der Waals surface area contributed by atoms with Gasteiger partial charge in [-0.1, -0.05) is 13.8 Å². The van der Waals surface area contributed by atoms with Crippen LogP contribution < -0.4 is 16.4 Å². The molecule has 0 saturated carbocycles. The average Bonchev–Trinajstić information content (AvgIpc) is 2.71. The summed E-state index contributed by atoms with van der Waals surface area (Å²) in [6, 6.07) is -0.491. The van der Waals surface area contributed by atoms with Crippen LogP contribution in [-0.4, -0.2) is 46.9 Å². The van der Waals surface area contributed by atoms with E-state index >= 15 is 0 Å². The molecule has 112 valence electrons. The molecule has 0 aromatic heterocycles. The molecule has 7 nitrogen and oxygen atoms in total. The maximum atomic E-state index is 12.6. The largest absolute Gasteiger partial charge is 0.338 e. The van der Waals surface area contributed by atoms with Crippen molar-refractivity contribution in [1.29, 1.82) is 0 Å². The molecule has 1 atom stereocenters. The number of carbonyl (C=O) groups excluding carboxylic acids is 3. The zero-order valence-corrected chi connectivity index (χ0v) is 12.0. The van der Waals surface area contributed by atoms with E-state index in [1.165, 1.54) is 0 Å². The van der Waals surface area contributed by atoms with Crippen LogP contribution in [0.25, 0.3) is 0 Å². The van der Waals surface area contributed by atoms with Gasteiger partial charge in [-0.2, -0.15) is 0 Å². The third-order valence-electron chi connectivity index (χ3n) is 4.48. The van der Waals surface area contributed by atoms with Crippen molar-refractivity contribution in [3.05, 3.63) is 0 Å². The second-order valence-electron chi connectivity index (χ2n) is 5.68. The predicted molar refractivity (Wildman–Crippen MR) is 72.7 cm³/mol. The summed E-state index contributed by atoms with van der Waals surface area (Å²) in [6.45, 7) is 4.53. The van der Waals surface area contributed by atoms with Crippen molar-refractivity contribution in [2.45, 2.75) is 50.6 Å². The van der Waals surface area contributed by atoms with E-state index in [1.54, 1.807) is 4.90 Å². The number of likely N-dealkylation sites (tertiary alicyclic amines) is 1. The molecular weight excluding hydrogens is 260 g/mol. The lowest BCUT2D eigenvalue weighted by molar-refractivity contribution is -0.141. The summed E-state index contributed by atoms with van der Waals surface area (Å²) in [5.41, 5.74) is 4.27. The van der Waals surface area contributed by atoms with Crippen LogP contribution in [0.4, 0.5) is 4.79 Å². The highest BCUT2D eigenvalue weighted by Crippen LogP contribution is 2.27. The predicted octanol–water partition coefficient (Wildman–Crippen LogP) is -0.295. The fourth-order valence-electron chi connectivity index (χ4n) is 2.91. The molecule has 2 aliphatic heterocycles. The summed E-state index contributed by atoms with van der Waals surface area (Å²) in [5.74, 6) is -0.494. The lowest BCUT2D eigenvalue weighted by atomic mass is 9.86. The molecule has 0 radical (unpaired) electrons. The molecule has 2 aliphatic rings. The molecule has 20 heavy (non-hydrogen) atoms. The monoisotopic (exact) mass is 282 g/mol. The van der Waals surface area contributed by atoms with E-state index in [0.29, 0.717) is 32.2 Å². The maximum absolute atomic E-state index is 12.6. The van der Waals surface area contributed by atoms with Crippen LogP contribution in [-0.2, 0) is 9.59 Å². The Hall–Kier alpha value is -1.63. The molecule has 0 aromatic carbocycles. The molecule has 4 amide bonds. The number of carbonyl (C=O) groups is 3. The maximum Gasteiger partial charge on any atom is 0.322 e. The van der Waals surface area contributed by atoms with Crippen molar-refractivity contribution in [2.24, 2.45) is 5.73 Å². The Morgan fingerprint density at radius 2 is 2.05 bits per heavy atom. The number of imide groups is 1. The topological polar surface area (TPSA) is 105 Å². The third-order valence-corrected chi connectivity index (χ3v) is 4.48. The Balaban J connectivity index is 2.17. The summed E-state index contributed by atoms with van der Waals surface area (Å²) in [6.07, 6.45) is 2.31. The summed E-state index contributed by atoms with van der Waals surface area (Å²) in [4.78, 5) is 37.5. The van der Waals surface area contributed by atoms with Gasteiger partial charge in [0.2, 0.25) is 5.91 Å². The molecule has 0 bridgehead atoms. The number of rotatable bonds is 3. The van der Waals surface area contributed by atoms with Gasteiger partial charge in [0.15, 0.2) is 0 Å². The zero-order valence-electron chi connectivity index (χ0n) is 12.0. The van der Waals surface area contributed by atoms with Crippen molar-refractivity contribution in [3.63, 3.8) is 0 Å². The van der Waals surface area contributed by atoms with Crippen molar-refractivity contribution in [3.8, 4) is 0 Å². The lowest BCUT2D eigenvalue weighted by Gasteiger charge is -2.41. The highest BCUT2D eigenvalue weighted by atomic mass is 16.2. The second-order valence-corrected chi connectivity index (χ2v) is 5.68. The van der Waals surface area contributed by atoms with Crippen LogP contribution in [0.15, 0.2) is 0 Å². The van der Waals surface area contributed by atoms with Gasteiger partial charge in [0.25, 0.3) is 5.91 Å². The second kappa shape index (κ2) is 5.05. The molecule has 2 heterocycles. The zero-order chi connectivity index (χ0) is 15.0. The number of piperidine rings is 1. The SMILES string of the molecule is CCC(N)(CC)C(=O)N1CCCC2(C1)NC(=O)NC2=O. The molecule has 2 saturated heterocycles. The standard InChI is InChI=1S/C13H22N4O3/c1-3-12(14,4-2)10(19)17-7-5-6-13(8-17)9(18)15-11(20)16-13/h3-8,14H2,1-2H3,(H2,15,16,18,20). The molecule has 2 fully saturated rings. The van der Waals surface area contributed by atoms with E-state index in [9.17, 15) is 14.4 Å².